The van der Waals surface area contributed by atoms with Crippen molar-refractivity contribution in [1.82, 2.24) is 25.5 Å². The van der Waals surface area contributed by atoms with Crippen LogP contribution in [0.1, 0.15) is 44.7 Å². The van der Waals surface area contributed by atoms with Gasteiger partial charge in [-0.05, 0) is 78.9 Å². The molecule has 2 aromatic heterocycles. The van der Waals surface area contributed by atoms with Gasteiger partial charge in [-0.1, -0.05) is 36.4 Å². The molecule has 0 atom stereocenters. The average Bonchev–Trinajstić information content (AvgIpc) is 3.64. The van der Waals surface area contributed by atoms with Crippen LogP contribution < -0.4 is 10.6 Å². The van der Waals surface area contributed by atoms with Crippen molar-refractivity contribution in [3.63, 3.8) is 0 Å². The van der Waals surface area contributed by atoms with Gasteiger partial charge in [0.05, 0.1) is 17.3 Å². The summed E-state index contributed by atoms with van der Waals surface area (Å²) in [4.78, 5) is 26.6. The van der Waals surface area contributed by atoms with Crippen LogP contribution in [0.25, 0.3) is 27.9 Å². The number of nitrogens with zero attached hydrogens (tertiary/aromatic N) is 3. The van der Waals surface area contributed by atoms with Crippen molar-refractivity contribution in [2.24, 2.45) is 0 Å². The maximum atomic E-state index is 13.6. The first-order chi connectivity index (χ1) is 18.9. The summed E-state index contributed by atoms with van der Waals surface area (Å²) >= 11 is 0. The fourth-order valence-corrected chi connectivity index (χ4v) is 5.06. The first-order valence-corrected chi connectivity index (χ1v) is 12.8. The van der Waals surface area contributed by atoms with Crippen molar-refractivity contribution in [2.75, 3.05) is 7.05 Å². The molecule has 3 aromatic carbocycles. The summed E-state index contributed by atoms with van der Waals surface area (Å²) < 4.78 is 15.0. The molecule has 0 spiro atoms. The Hall–Kier alpha value is -4.85. The summed E-state index contributed by atoms with van der Waals surface area (Å²) in [7, 11) is 1.55. The molecule has 0 bridgehead atoms. The summed E-state index contributed by atoms with van der Waals surface area (Å²) in [5.74, 6) is -0.882. The summed E-state index contributed by atoms with van der Waals surface area (Å²) in [5, 5.41) is 14.9. The number of nitrogens with one attached hydrogen (secondary N) is 2. The van der Waals surface area contributed by atoms with Crippen LogP contribution >= 0.6 is 0 Å². The summed E-state index contributed by atoms with van der Waals surface area (Å²) in [6.45, 7) is 1.96. The molecule has 2 heterocycles. The Morgan fingerprint density at radius 3 is 2.36 bits per heavy atom. The zero-order valence-corrected chi connectivity index (χ0v) is 21.5. The topological polar surface area (TPSA) is 88.4 Å². The van der Waals surface area contributed by atoms with Gasteiger partial charge in [-0.2, -0.15) is 5.10 Å². The van der Waals surface area contributed by atoms with Gasteiger partial charge in [0.1, 0.15) is 17.0 Å². The molecule has 1 aliphatic carbocycles. The maximum Gasteiger partial charge on any atom is 0.255 e. The number of carbonyl (C=O) groups is 2. The summed E-state index contributed by atoms with van der Waals surface area (Å²) in [5.41, 5.74) is 5.51. The monoisotopic (exact) mass is 519 g/mol. The Kier molecular flexibility index (Phi) is 5.95. The van der Waals surface area contributed by atoms with Gasteiger partial charge in [-0.3, -0.25) is 9.59 Å². The van der Waals surface area contributed by atoms with Crippen molar-refractivity contribution in [3.05, 3.63) is 113 Å². The molecule has 2 N–H and O–H groups in total. The largest absolute Gasteiger partial charge is 0.355 e. The molecule has 7 nitrogen and oxygen atoms in total. The first-order valence-electron chi connectivity index (χ1n) is 12.8. The van der Waals surface area contributed by atoms with Crippen LogP contribution in [0.3, 0.4) is 0 Å². The van der Waals surface area contributed by atoms with E-state index >= 15 is 0 Å². The Morgan fingerprint density at radius 1 is 0.923 bits per heavy atom. The highest BCUT2D eigenvalue weighted by Gasteiger charge is 2.45. The predicted molar refractivity (Wildman–Crippen MR) is 147 cm³/mol. The average molecular weight is 520 g/mol. The minimum atomic E-state index is -0.381. The van der Waals surface area contributed by atoms with E-state index in [4.69, 9.17) is 0 Å². The minimum absolute atomic E-state index is 0.158. The molecule has 1 saturated carbocycles. The molecule has 8 heteroatoms. The molecular weight excluding hydrogens is 493 g/mol. The van der Waals surface area contributed by atoms with E-state index in [9.17, 15) is 14.0 Å². The highest BCUT2D eigenvalue weighted by molar-refractivity contribution is 6.10. The molecule has 6 rings (SSSR count). The van der Waals surface area contributed by atoms with Crippen molar-refractivity contribution < 1.29 is 14.0 Å². The normalized spacial score (nSPS) is 13.7. The van der Waals surface area contributed by atoms with Gasteiger partial charge in [0.15, 0.2) is 0 Å². The van der Waals surface area contributed by atoms with E-state index in [1.54, 1.807) is 25.4 Å². The van der Waals surface area contributed by atoms with Gasteiger partial charge in [0.2, 0.25) is 0 Å². The van der Waals surface area contributed by atoms with Crippen LogP contribution in [0.4, 0.5) is 4.39 Å². The van der Waals surface area contributed by atoms with Gasteiger partial charge in [0.25, 0.3) is 11.8 Å². The molecule has 5 aromatic rings. The van der Waals surface area contributed by atoms with E-state index in [0.717, 1.165) is 29.5 Å². The number of rotatable bonds is 6. The van der Waals surface area contributed by atoms with E-state index in [2.05, 4.69) is 20.8 Å². The minimum Gasteiger partial charge on any atom is -0.355 e. The smallest absolute Gasteiger partial charge is 0.255 e. The second kappa shape index (κ2) is 9.47. The summed E-state index contributed by atoms with van der Waals surface area (Å²) in [6.07, 6.45) is 3.39. The van der Waals surface area contributed by atoms with E-state index in [0.29, 0.717) is 33.5 Å². The number of aryl methyl sites for hydroxylation is 1. The maximum absolute atomic E-state index is 13.6. The van der Waals surface area contributed by atoms with Crippen LogP contribution in [0.15, 0.2) is 85.1 Å². The van der Waals surface area contributed by atoms with Crippen molar-refractivity contribution in [1.29, 1.82) is 0 Å². The SMILES string of the molecule is CNC(=O)c1c(-c2ccc(F)cc2)nn2nccc(-c3cc(C(=O)NC4(c5ccccc5)CC4)ccc3C)c12. The molecule has 2 amide bonds. The summed E-state index contributed by atoms with van der Waals surface area (Å²) in [6, 6.07) is 23.2. The molecule has 1 aliphatic rings. The van der Waals surface area contributed by atoms with E-state index in [1.807, 2.05) is 61.5 Å². The van der Waals surface area contributed by atoms with Crippen LogP contribution in [0.5, 0.6) is 0 Å². The highest BCUT2D eigenvalue weighted by atomic mass is 19.1. The van der Waals surface area contributed by atoms with Crippen LogP contribution in [0.2, 0.25) is 0 Å². The Labute approximate surface area is 224 Å². The van der Waals surface area contributed by atoms with Crippen molar-refractivity contribution in [3.8, 4) is 22.4 Å². The Balaban J connectivity index is 1.45. The molecular formula is C31H26FN5O2. The molecule has 0 aliphatic heterocycles. The van der Waals surface area contributed by atoms with Gasteiger partial charge < -0.3 is 10.6 Å². The fourth-order valence-electron chi connectivity index (χ4n) is 5.06. The van der Waals surface area contributed by atoms with E-state index in [1.165, 1.54) is 16.8 Å². The number of fused-ring (bicyclic) bond motifs is 1. The standard InChI is InChI=1S/C31H26FN5O2/c1-19-8-9-21(29(38)35-31(15-16-31)22-6-4-3-5-7-22)18-25(19)24-14-17-34-37-28(24)26(30(39)33-2)27(36-37)20-10-12-23(32)13-11-20/h3-14,17-18H,15-16H2,1-2H3,(H,33,39)(H,35,38). The van der Waals surface area contributed by atoms with E-state index in [-0.39, 0.29) is 23.2 Å². The first kappa shape index (κ1) is 24.5. The van der Waals surface area contributed by atoms with Crippen LogP contribution in [0, 0.1) is 12.7 Å². The van der Waals surface area contributed by atoms with Gasteiger partial charge in [-0.25, -0.2) is 4.39 Å². The van der Waals surface area contributed by atoms with Crippen molar-refractivity contribution in [2.45, 2.75) is 25.3 Å². The number of carbonyl (C=O) groups excluding carboxylic acids is 2. The van der Waals surface area contributed by atoms with Crippen LogP contribution in [-0.4, -0.2) is 33.7 Å². The molecule has 0 unspecified atom stereocenters. The molecule has 0 radical (unpaired) electrons. The lowest BCUT2D eigenvalue weighted by Gasteiger charge is -2.19. The third-order valence-corrected chi connectivity index (χ3v) is 7.33. The number of halogens is 1. The third-order valence-electron chi connectivity index (χ3n) is 7.33. The molecule has 1 fully saturated rings. The second-order valence-corrected chi connectivity index (χ2v) is 9.82. The lowest BCUT2D eigenvalue weighted by Crippen LogP contribution is -2.34. The molecule has 0 saturated heterocycles. The highest BCUT2D eigenvalue weighted by Crippen LogP contribution is 2.45. The number of hydrogen-bond donors (Lipinski definition) is 2. The second-order valence-electron chi connectivity index (χ2n) is 9.82. The molecule has 39 heavy (non-hydrogen) atoms. The fraction of sp³-hybridized carbons (Fsp3) is 0.161. The van der Waals surface area contributed by atoms with Gasteiger partial charge >= 0.3 is 0 Å². The number of aromatic nitrogens is 3. The number of benzene rings is 3. The quantitative estimate of drug-likeness (QED) is 0.319. The predicted octanol–water partition coefficient (Wildman–Crippen LogP) is 5.29. The van der Waals surface area contributed by atoms with Crippen LogP contribution in [-0.2, 0) is 5.54 Å². The lowest BCUT2D eigenvalue weighted by atomic mass is 9.95. The molecule has 194 valence electrons. The third kappa shape index (κ3) is 4.33. The lowest BCUT2D eigenvalue weighted by molar-refractivity contribution is 0.0929. The van der Waals surface area contributed by atoms with Crippen molar-refractivity contribution >= 4 is 17.3 Å². The zero-order valence-electron chi connectivity index (χ0n) is 21.5. The Bertz CT molecular complexity index is 1720. The number of hydrogen-bond acceptors (Lipinski definition) is 4. The number of amides is 2. The Morgan fingerprint density at radius 2 is 1.67 bits per heavy atom. The zero-order chi connectivity index (χ0) is 27.1. The van der Waals surface area contributed by atoms with Gasteiger partial charge in [-0.15, -0.1) is 9.73 Å². The van der Waals surface area contributed by atoms with E-state index < -0.39 is 0 Å². The van der Waals surface area contributed by atoms with Gasteiger partial charge in [0, 0.05) is 23.7 Å².